The highest BCUT2D eigenvalue weighted by Gasteiger charge is 2.31. The zero-order valence-corrected chi connectivity index (χ0v) is 13.5. The molecule has 0 aliphatic carbocycles. The van der Waals surface area contributed by atoms with Crippen LogP contribution in [0.15, 0.2) is 6.20 Å². The van der Waals surface area contributed by atoms with Crippen LogP contribution in [0.4, 0.5) is 5.82 Å². The number of hydrogen-bond donors (Lipinski definition) is 1. The number of likely N-dealkylation sites (tertiary alicyclic amines) is 1. The van der Waals surface area contributed by atoms with E-state index in [0.717, 1.165) is 62.6 Å². The van der Waals surface area contributed by atoms with Crippen LogP contribution in [-0.4, -0.2) is 59.5 Å². The summed E-state index contributed by atoms with van der Waals surface area (Å²) in [5, 5.41) is 3.37. The minimum absolute atomic E-state index is 0.119. The van der Waals surface area contributed by atoms with Crippen LogP contribution >= 0.6 is 0 Å². The molecule has 2 aliphatic rings. The number of anilines is 1. The van der Waals surface area contributed by atoms with Crippen LogP contribution in [0.2, 0.25) is 0 Å². The normalized spacial score (nSPS) is 22.2. The molecule has 2 saturated heterocycles. The molecule has 0 bridgehead atoms. The largest absolute Gasteiger partial charge is 0.353 e. The Hall–Kier alpha value is -1.69. The maximum absolute atomic E-state index is 12.6. The Labute approximate surface area is 131 Å². The fourth-order valence-electron chi connectivity index (χ4n) is 3.27. The average molecular weight is 303 g/mol. The van der Waals surface area contributed by atoms with Crippen LogP contribution < -0.4 is 10.2 Å². The molecule has 2 aliphatic heterocycles. The topological polar surface area (TPSA) is 61.4 Å². The Morgan fingerprint density at radius 1 is 1.36 bits per heavy atom. The Balaban J connectivity index is 1.75. The van der Waals surface area contributed by atoms with Gasteiger partial charge in [0.05, 0.1) is 0 Å². The molecule has 1 aromatic rings. The molecule has 0 saturated carbocycles. The quantitative estimate of drug-likeness (QED) is 0.893. The van der Waals surface area contributed by atoms with Crippen molar-refractivity contribution in [1.29, 1.82) is 0 Å². The summed E-state index contributed by atoms with van der Waals surface area (Å²) in [7, 11) is 0. The maximum atomic E-state index is 12.6. The van der Waals surface area contributed by atoms with Gasteiger partial charge in [-0.15, -0.1) is 0 Å². The van der Waals surface area contributed by atoms with Gasteiger partial charge in [0.2, 0.25) is 5.91 Å². The number of rotatable bonds is 3. The molecule has 22 heavy (non-hydrogen) atoms. The van der Waals surface area contributed by atoms with Crippen molar-refractivity contribution in [2.45, 2.75) is 39.2 Å². The van der Waals surface area contributed by atoms with E-state index in [4.69, 9.17) is 0 Å². The first-order chi connectivity index (χ1) is 10.7. The second-order valence-electron chi connectivity index (χ2n) is 6.10. The van der Waals surface area contributed by atoms with Gasteiger partial charge in [0.25, 0.3) is 0 Å². The van der Waals surface area contributed by atoms with Crippen LogP contribution in [0.25, 0.3) is 0 Å². The second-order valence-corrected chi connectivity index (χ2v) is 6.10. The van der Waals surface area contributed by atoms with Crippen LogP contribution in [0, 0.1) is 6.92 Å². The Kier molecular flexibility index (Phi) is 4.57. The van der Waals surface area contributed by atoms with Crippen molar-refractivity contribution in [3.8, 4) is 0 Å². The third-order valence-corrected chi connectivity index (χ3v) is 4.53. The van der Waals surface area contributed by atoms with Gasteiger partial charge in [-0.2, -0.15) is 0 Å². The molecule has 0 spiro atoms. The summed E-state index contributed by atoms with van der Waals surface area (Å²) < 4.78 is 0. The summed E-state index contributed by atoms with van der Waals surface area (Å²) >= 11 is 0. The van der Waals surface area contributed by atoms with Gasteiger partial charge in [-0.05, 0) is 26.2 Å². The first-order valence-electron chi connectivity index (χ1n) is 8.28. The highest BCUT2D eigenvalue weighted by molar-refractivity contribution is 5.83. The van der Waals surface area contributed by atoms with E-state index in [1.54, 1.807) is 0 Å². The molecule has 6 heteroatoms. The number of amides is 1. The fraction of sp³-hybridized carbons (Fsp3) is 0.688. The number of hydrogen-bond acceptors (Lipinski definition) is 5. The lowest BCUT2D eigenvalue weighted by Gasteiger charge is -2.36. The molecule has 1 aromatic heterocycles. The van der Waals surface area contributed by atoms with Gasteiger partial charge >= 0.3 is 0 Å². The van der Waals surface area contributed by atoms with E-state index in [9.17, 15) is 4.79 Å². The van der Waals surface area contributed by atoms with Gasteiger partial charge in [0.15, 0.2) is 0 Å². The standard InChI is InChI=1S/C16H25N5O/c1-3-13-10-18-12(2)19-15(13)21-9-6-17-14(11-21)16(22)20-7-4-5-8-20/h10,14,17H,3-9,11H2,1-2H3. The van der Waals surface area contributed by atoms with Crippen LogP contribution in [0.1, 0.15) is 31.2 Å². The van der Waals surface area contributed by atoms with Crippen molar-refractivity contribution in [2.24, 2.45) is 0 Å². The van der Waals surface area contributed by atoms with Crippen molar-refractivity contribution >= 4 is 11.7 Å². The maximum Gasteiger partial charge on any atom is 0.241 e. The molecular formula is C16H25N5O. The molecular weight excluding hydrogens is 278 g/mol. The predicted octanol–water partition coefficient (Wildman–Crippen LogP) is 0.748. The molecule has 2 fully saturated rings. The van der Waals surface area contributed by atoms with Crippen LogP contribution in [0.3, 0.4) is 0 Å². The van der Waals surface area contributed by atoms with Gasteiger partial charge < -0.3 is 15.1 Å². The Morgan fingerprint density at radius 2 is 2.14 bits per heavy atom. The SMILES string of the molecule is CCc1cnc(C)nc1N1CCNC(C(=O)N2CCCC2)C1. The first kappa shape index (κ1) is 15.2. The summed E-state index contributed by atoms with van der Waals surface area (Å²) in [6.45, 7) is 8.24. The molecule has 1 amide bonds. The van der Waals surface area contributed by atoms with Gasteiger partial charge in [-0.25, -0.2) is 9.97 Å². The molecule has 3 rings (SSSR count). The molecule has 3 heterocycles. The van der Waals surface area contributed by atoms with Crippen molar-refractivity contribution in [1.82, 2.24) is 20.2 Å². The van der Waals surface area contributed by atoms with Crippen molar-refractivity contribution in [3.05, 3.63) is 17.6 Å². The van der Waals surface area contributed by atoms with Gasteiger partial charge in [0.1, 0.15) is 17.7 Å². The minimum Gasteiger partial charge on any atom is -0.353 e. The van der Waals surface area contributed by atoms with Crippen LogP contribution in [-0.2, 0) is 11.2 Å². The van der Waals surface area contributed by atoms with E-state index >= 15 is 0 Å². The lowest BCUT2D eigenvalue weighted by molar-refractivity contribution is -0.132. The monoisotopic (exact) mass is 303 g/mol. The fourth-order valence-corrected chi connectivity index (χ4v) is 3.27. The number of aryl methyl sites for hydroxylation is 2. The number of carbonyl (C=O) groups excluding carboxylic acids is 1. The smallest absolute Gasteiger partial charge is 0.241 e. The lowest BCUT2D eigenvalue weighted by Crippen LogP contribution is -2.58. The van der Waals surface area contributed by atoms with Gasteiger partial charge in [0, 0.05) is 44.5 Å². The summed E-state index contributed by atoms with van der Waals surface area (Å²) in [4.78, 5) is 25.7. The highest BCUT2D eigenvalue weighted by Crippen LogP contribution is 2.20. The Morgan fingerprint density at radius 3 is 2.86 bits per heavy atom. The summed E-state index contributed by atoms with van der Waals surface area (Å²) in [5.74, 6) is 2.02. The third kappa shape index (κ3) is 3.06. The number of aromatic nitrogens is 2. The van der Waals surface area contributed by atoms with Crippen molar-refractivity contribution < 1.29 is 4.79 Å². The third-order valence-electron chi connectivity index (χ3n) is 4.53. The summed E-state index contributed by atoms with van der Waals surface area (Å²) in [6.07, 6.45) is 5.09. The number of nitrogens with zero attached hydrogens (tertiary/aromatic N) is 4. The molecule has 6 nitrogen and oxygen atoms in total. The zero-order valence-electron chi connectivity index (χ0n) is 13.5. The molecule has 0 aromatic carbocycles. The highest BCUT2D eigenvalue weighted by atomic mass is 16.2. The molecule has 1 N–H and O–H groups in total. The van der Waals surface area contributed by atoms with Crippen molar-refractivity contribution in [2.75, 3.05) is 37.6 Å². The zero-order chi connectivity index (χ0) is 15.5. The van der Waals surface area contributed by atoms with E-state index < -0.39 is 0 Å². The average Bonchev–Trinajstić information content (AvgIpc) is 3.08. The minimum atomic E-state index is -0.119. The lowest BCUT2D eigenvalue weighted by atomic mass is 10.1. The molecule has 1 atom stereocenters. The summed E-state index contributed by atoms with van der Waals surface area (Å²) in [5.41, 5.74) is 1.15. The number of piperazine rings is 1. The van der Waals surface area contributed by atoms with E-state index in [1.807, 2.05) is 18.0 Å². The van der Waals surface area contributed by atoms with E-state index in [0.29, 0.717) is 6.54 Å². The summed E-state index contributed by atoms with van der Waals surface area (Å²) in [6, 6.07) is -0.119. The predicted molar refractivity (Wildman–Crippen MR) is 86.0 cm³/mol. The Bertz CT molecular complexity index is 541. The second kappa shape index (κ2) is 6.60. The van der Waals surface area contributed by atoms with E-state index in [2.05, 4.69) is 27.1 Å². The van der Waals surface area contributed by atoms with E-state index in [-0.39, 0.29) is 11.9 Å². The molecule has 1 unspecified atom stereocenters. The molecule has 0 radical (unpaired) electrons. The van der Waals surface area contributed by atoms with E-state index in [1.165, 1.54) is 0 Å². The van der Waals surface area contributed by atoms with Crippen LogP contribution in [0.5, 0.6) is 0 Å². The van der Waals surface area contributed by atoms with Gasteiger partial charge in [-0.3, -0.25) is 4.79 Å². The molecule has 120 valence electrons. The number of nitrogens with one attached hydrogen (secondary N) is 1. The van der Waals surface area contributed by atoms with Crippen molar-refractivity contribution in [3.63, 3.8) is 0 Å². The first-order valence-corrected chi connectivity index (χ1v) is 8.28. The number of carbonyl (C=O) groups is 1. The van der Waals surface area contributed by atoms with Gasteiger partial charge in [-0.1, -0.05) is 6.92 Å².